The Bertz CT molecular complexity index is 877. The molecule has 0 aliphatic carbocycles. The molecule has 1 aromatic heterocycles. The molecule has 0 N–H and O–H groups in total. The highest BCUT2D eigenvalue weighted by Crippen LogP contribution is 2.26. The summed E-state index contributed by atoms with van der Waals surface area (Å²) in [6, 6.07) is 21.9. The van der Waals surface area contributed by atoms with Gasteiger partial charge in [-0.25, -0.2) is 0 Å². The van der Waals surface area contributed by atoms with Crippen molar-refractivity contribution in [3.05, 3.63) is 78.0 Å². The van der Waals surface area contributed by atoms with Crippen molar-refractivity contribution in [1.29, 1.82) is 0 Å². The fourth-order valence-electron chi connectivity index (χ4n) is 3.37. The van der Waals surface area contributed by atoms with Crippen LogP contribution in [0.25, 0.3) is 11.3 Å². The van der Waals surface area contributed by atoms with Gasteiger partial charge in [-0.1, -0.05) is 65.8 Å². The van der Waals surface area contributed by atoms with Gasteiger partial charge in [0.05, 0.1) is 6.04 Å². The third-order valence-corrected chi connectivity index (χ3v) is 4.91. The molecule has 5 heteroatoms. The number of hydrogen-bond donors (Lipinski definition) is 0. The van der Waals surface area contributed by atoms with Crippen LogP contribution >= 0.6 is 0 Å². The highest BCUT2D eigenvalue weighted by Gasteiger charge is 2.30. The number of carbonyl (C=O) groups is 1. The Morgan fingerprint density at radius 2 is 1.73 bits per heavy atom. The first-order valence-electron chi connectivity index (χ1n) is 8.79. The van der Waals surface area contributed by atoms with E-state index in [1.807, 2.05) is 53.4 Å². The molecular formula is C21H21N3O2. The second-order valence-corrected chi connectivity index (χ2v) is 6.60. The van der Waals surface area contributed by atoms with E-state index < -0.39 is 0 Å². The number of amides is 1. The van der Waals surface area contributed by atoms with Crippen molar-refractivity contribution in [2.24, 2.45) is 0 Å². The fraction of sp³-hybridized carbons (Fsp3) is 0.238. The highest BCUT2D eigenvalue weighted by molar-refractivity contribution is 5.93. The standard InChI is InChI=1S/C21H21N3O2/c1-23-12-13-24(15-19(23)16-8-4-2-5-9-16)21(25)18-14-20(26-22-18)17-10-6-3-7-11-17/h2-11,14,19H,12-13,15H2,1H3. The van der Waals surface area contributed by atoms with Crippen molar-refractivity contribution >= 4 is 5.91 Å². The van der Waals surface area contributed by atoms with Crippen LogP contribution in [-0.2, 0) is 0 Å². The maximum atomic E-state index is 12.9. The molecule has 0 bridgehead atoms. The van der Waals surface area contributed by atoms with Crippen LogP contribution in [0.2, 0.25) is 0 Å². The van der Waals surface area contributed by atoms with Crippen LogP contribution < -0.4 is 0 Å². The zero-order valence-corrected chi connectivity index (χ0v) is 14.7. The summed E-state index contributed by atoms with van der Waals surface area (Å²) in [5.74, 6) is 0.535. The zero-order chi connectivity index (χ0) is 17.9. The lowest BCUT2D eigenvalue weighted by atomic mass is 10.0. The minimum Gasteiger partial charge on any atom is -0.355 e. The Morgan fingerprint density at radius 1 is 1.04 bits per heavy atom. The quantitative estimate of drug-likeness (QED) is 0.728. The van der Waals surface area contributed by atoms with Gasteiger partial charge in [0.15, 0.2) is 11.5 Å². The molecule has 132 valence electrons. The van der Waals surface area contributed by atoms with Gasteiger partial charge in [-0.3, -0.25) is 9.69 Å². The van der Waals surface area contributed by atoms with E-state index in [1.165, 1.54) is 5.56 Å². The first-order chi connectivity index (χ1) is 12.7. The predicted molar refractivity (Wildman–Crippen MR) is 99.7 cm³/mol. The van der Waals surface area contributed by atoms with Crippen molar-refractivity contribution in [2.75, 3.05) is 26.7 Å². The molecule has 1 unspecified atom stereocenters. The van der Waals surface area contributed by atoms with E-state index in [2.05, 4.69) is 29.2 Å². The normalized spacial score (nSPS) is 18.0. The van der Waals surface area contributed by atoms with Crippen LogP contribution in [0.5, 0.6) is 0 Å². The van der Waals surface area contributed by atoms with Crippen LogP contribution in [-0.4, -0.2) is 47.5 Å². The molecule has 3 aromatic rings. The summed E-state index contributed by atoms with van der Waals surface area (Å²) in [4.78, 5) is 17.1. The Hall–Kier alpha value is -2.92. The smallest absolute Gasteiger partial charge is 0.276 e. The summed E-state index contributed by atoms with van der Waals surface area (Å²) >= 11 is 0. The molecule has 0 spiro atoms. The summed E-state index contributed by atoms with van der Waals surface area (Å²) in [5, 5.41) is 4.00. The number of hydrogen-bond acceptors (Lipinski definition) is 4. The lowest BCUT2D eigenvalue weighted by Gasteiger charge is -2.39. The molecule has 0 radical (unpaired) electrons. The largest absolute Gasteiger partial charge is 0.355 e. The summed E-state index contributed by atoms with van der Waals surface area (Å²) < 4.78 is 5.39. The first kappa shape index (κ1) is 16.5. The topological polar surface area (TPSA) is 49.6 Å². The van der Waals surface area contributed by atoms with Crippen molar-refractivity contribution in [3.8, 4) is 11.3 Å². The van der Waals surface area contributed by atoms with Gasteiger partial charge in [0.25, 0.3) is 5.91 Å². The number of likely N-dealkylation sites (N-methyl/N-ethyl adjacent to an activating group) is 1. The summed E-state index contributed by atoms with van der Waals surface area (Å²) in [5.41, 5.74) is 2.50. The molecule has 2 aromatic carbocycles. The van der Waals surface area contributed by atoms with Crippen LogP contribution in [0.15, 0.2) is 71.3 Å². The van der Waals surface area contributed by atoms with Crippen LogP contribution in [0.3, 0.4) is 0 Å². The van der Waals surface area contributed by atoms with Crippen molar-refractivity contribution in [2.45, 2.75) is 6.04 Å². The van der Waals surface area contributed by atoms with Gasteiger partial charge in [0, 0.05) is 31.3 Å². The number of piperazine rings is 1. The van der Waals surface area contributed by atoms with E-state index in [1.54, 1.807) is 6.07 Å². The Morgan fingerprint density at radius 3 is 2.46 bits per heavy atom. The molecule has 5 nitrogen and oxygen atoms in total. The van der Waals surface area contributed by atoms with E-state index in [9.17, 15) is 4.79 Å². The van der Waals surface area contributed by atoms with E-state index in [0.29, 0.717) is 24.5 Å². The number of nitrogens with zero attached hydrogens (tertiary/aromatic N) is 3. The van der Waals surface area contributed by atoms with Gasteiger partial charge in [0.1, 0.15) is 0 Å². The van der Waals surface area contributed by atoms with Gasteiger partial charge in [-0.15, -0.1) is 0 Å². The molecule has 0 saturated carbocycles. The number of rotatable bonds is 3. The van der Waals surface area contributed by atoms with E-state index in [-0.39, 0.29) is 11.9 Å². The van der Waals surface area contributed by atoms with Crippen molar-refractivity contribution in [3.63, 3.8) is 0 Å². The Balaban J connectivity index is 1.52. The Kier molecular flexibility index (Phi) is 4.54. The average molecular weight is 347 g/mol. The predicted octanol–water partition coefficient (Wildman–Crippen LogP) is 3.47. The van der Waals surface area contributed by atoms with E-state index >= 15 is 0 Å². The molecule has 1 aliphatic heterocycles. The fourth-order valence-corrected chi connectivity index (χ4v) is 3.37. The molecule has 1 atom stereocenters. The molecule has 1 saturated heterocycles. The van der Waals surface area contributed by atoms with Gasteiger partial charge >= 0.3 is 0 Å². The first-order valence-corrected chi connectivity index (χ1v) is 8.79. The lowest BCUT2D eigenvalue weighted by molar-refractivity contribution is 0.0537. The lowest BCUT2D eigenvalue weighted by Crippen LogP contribution is -2.49. The maximum Gasteiger partial charge on any atom is 0.276 e. The van der Waals surface area contributed by atoms with Gasteiger partial charge in [0.2, 0.25) is 0 Å². The molecule has 1 aliphatic rings. The third kappa shape index (κ3) is 3.26. The van der Waals surface area contributed by atoms with Crippen LogP contribution in [0, 0.1) is 0 Å². The second-order valence-electron chi connectivity index (χ2n) is 6.60. The van der Waals surface area contributed by atoms with Gasteiger partial charge in [-0.2, -0.15) is 0 Å². The average Bonchev–Trinajstić information content (AvgIpc) is 3.19. The van der Waals surface area contributed by atoms with Crippen LogP contribution in [0.4, 0.5) is 0 Å². The van der Waals surface area contributed by atoms with Gasteiger partial charge in [-0.05, 0) is 12.6 Å². The maximum absolute atomic E-state index is 12.9. The molecule has 2 heterocycles. The van der Waals surface area contributed by atoms with E-state index in [0.717, 1.165) is 12.1 Å². The highest BCUT2D eigenvalue weighted by atomic mass is 16.5. The van der Waals surface area contributed by atoms with E-state index in [4.69, 9.17) is 4.52 Å². The van der Waals surface area contributed by atoms with Crippen molar-refractivity contribution in [1.82, 2.24) is 15.0 Å². The number of benzene rings is 2. The molecule has 26 heavy (non-hydrogen) atoms. The molecular weight excluding hydrogens is 326 g/mol. The summed E-state index contributed by atoms with van der Waals surface area (Å²) in [7, 11) is 2.10. The minimum absolute atomic E-state index is 0.0787. The number of carbonyl (C=O) groups excluding carboxylic acids is 1. The molecule has 4 rings (SSSR count). The molecule has 1 fully saturated rings. The van der Waals surface area contributed by atoms with Gasteiger partial charge < -0.3 is 9.42 Å². The summed E-state index contributed by atoms with van der Waals surface area (Å²) in [6.45, 7) is 2.16. The second kappa shape index (κ2) is 7.14. The van der Waals surface area contributed by atoms with Crippen LogP contribution in [0.1, 0.15) is 22.1 Å². The number of aromatic nitrogens is 1. The third-order valence-electron chi connectivity index (χ3n) is 4.91. The SMILES string of the molecule is CN1CCN(C(=O)c2cc(-c3ccccc3)on2)CC1c1ccccc1. The minimum atomic E-state index is -0.0787. The zero-order valence-electron chi connectivity index (χ0n) is 14.7. The Labute approximate surface area is 152 Å². The van der Waals surface area contributed by atoms with Crippen molar-refractivity contribution < 1.29 is 9.32 Å². The molecule has 1 amide bonds. The monoisotopic (exact) mass is 347 g/mol. The summed E-state index contributed by atoms with van der Waals surface area (Å²) in [6.07, 6.45) is 0.